The number of fused-ring (bicyclic) bond motifs is 1. The molecule has 0 bridgehead atoms. The molecule has 0 saturated carbocycles. The average Bonchev–Trinajstić information content (AvgIpc) is 2.97. The van der Waals surface area contributed by atoms with Crippen LogP contribution in [0.25, 0.3) is 10.1 Å². The van der Waals surface area contributed by atoms with Gasteiger partial charge in [-0.25, -0.2) is 0 Å². The fourth-order valence-electron chi connectivity index (χ4n) is 2.25. The Morgan fingerprint density at radius 3 is 2.62 bits per heavy atom. The van der Waals surface area contributed by atoms with E-state index in [4.69, 9.17) is 0 Å². The molecule has 106 valence electrons. The number of aliphatic hydroxyl groups is 1. The molecule has 3 aromatic rings. The Hall–Kier alpha value is -2.17. The average molecular weight is 297 g/mol. The number of benzene rings is 2. The van der Waals surface area contributed by atoms with E-state index in [0.717, 1.165) is 15.6 Å². The molecule has 1 heterocycles. The summed E-state index contributed by atoms with van der Waals surface area (Å²) >= 11 is 1.60. The van der Waals surface area contributed by atoms with E-state index >= 15 is 0 Å². The smallest absolute Gasteiger partial charge is 0.251 e. The Morgan fingerprint density at radius 2 is 1.81 bits per heavy atom. The predicted molar refractivity (Wildman–Crippen MR) is 85.6 cm³/mol. The molecule has 0 aliphatic carbocycles. The monoisotopic (exact) mass is 297 g/mol. The van der Waals surface area contributed by atoms with Gasteiger partial charge in [0.25, 0.3) is 5.91 Å². The third-order valence-corrected chi connectivity index (χ3v) is 4.34. The largest absolute Gasteiger partial charge is 0.387 e. The summed E-state index contributed by atoms with van der Waals surface area (Å²) in [6, 6.07) is 16.9. The second-order valence-electron chi connectivity index (χ2n) is 4.78. The quantitative estimate of drug-likeness (QED) is 0.775. The van der Waals surface area contributed by atoms with Gasteiger partial charge in [-0.2, -0.15) is 0 Å². The molecule has 2 aromatic carbocycles. The van der Waals surface area contributed by atoms with Crippen molar-refractivity contribution in [2.75, 3.05) is 6.54 Å². The van der Waals surface area contributed by atoms with Crippen molar-refractivity contribution in [1.29, 1.82) is 0 Å². The SMILES string of the molecule is O=C(NC[C@H](O)c1csc2ccccc12)c1ccccc1. The van der Waals surface area contributed by atoms with Gasteiger partial charge in [0.2, 0.25) is 0 Å². The molecule has 0 unspecified atom stereocenters. The number of nitrogens with one attached hydrogen (secondary N) is 1. The Kier molecular flexibility index (Phi) is 3.99. The molecule has 3 nitrogen and oxygen atoms in total. The molecule has 3 rings (SSSR count). The lowest BCUT2D eigenvalue weighted by Gasteiger charge is -2.11. The molecular weight excluding hydrogens is 282 g/mol. The summed E-state index contributed by atoms with van der Waals surface area (Å²) < 4.78 is 1.14. The fourth-order valence-corrected chi connectivity index (χ4v) is 3.26. The number of hydrogen-bond acceptors (Lipinski definition) is 3. The van der Waals surface area contributed by atoms with Crippen LogP contribution in [0.15, 0.2) is 60.0 Å². The topological polar surface area (TPSA) is 49.3 Å². The second-order valence-corrected chi connectivity index (χ2v) is 5.69. The minimum absolute atomic E-state index is 0.172. The molecule has 4 heteroatoms. The molecule has 0 aliphatic heterocycles. The van der Waals surface area contributed by atoms with Crippen LogP contribution in [-0.4, -0.2) is 17.6 Å². The highest BCUT2D eigenvalue weighted by Gasteiger charge is 2.14. The van der Waals surface area contributed by atoms with Gasteiger partial charge in [-0.1, -0.05) is 36.4 Å². The molecular formula is C17H15NO2S. The van der Waals surface area contributed by atoms with Gasteiger partial charge < -0.3 is 10.4 Å². The van der Waals surface area contributed by atoms with E-state index in [1.807, 2.05) is 47.8 Å². The van der Waals surface area contributed by atoms with Crippen LogP contribution in [0.1, 0.15) is 22.0 Å². The summed E-state index contributed by atoms with van der Waals surface area (Å²) in [7, 11) is 0. The summed E-state index contributed by atoms with van der Waals surface area (Å²) in [6.07, 6.45) is -0.700. The van der Waals surface area contributed by atoms with Crippen molar-refractivity contribution in [3.05, 3.63) is 71.1 Å². The van der Waals surface area contributed by atoms with Crippen molar-refractivity contribution in [2.45, 2.75) is 6.10 Å². The maximum absolute atomic E-state index is 12.0. The number of rotatable bonds is 4. The van der Waals surface area contributed by atoms with E-state index in [9.17, 15) is 9.90 Å². The maximum atomic E-state index is 12.0. The normalized spacial score (nSPS) is 12.2. The molecule has 2 N–H and O–H groups in total. The lowest BCUT2D eigenvalue weighted by molar-refractivity contribution is 0.0917. The van der Waals surface area contributed by atoms with Gasteiger partial charge in [0.1, 0.15) is 0 Å². The fraction of sp³-hybridized carbons (Fsp3) is 0.118. The van der Waals surface area contributed by atoms with Crippen LogP contribution >= 0.6 is 11.3 Å². The molecule has 0 spiro atoms. The highest BCUT2D eigenvalue weighted by molar-refractivity contribution is 7.17. The molecule has 21 heavy (non-hydrogen) atoms. The Labute approximate surface area is 126 Å². The van der Waals surface area contributed by atoms with Crippen LogP contribution in [0.5, 0.6) is 0 Å². The zero-order valence-corrected chi connectivity index (χ0v) is 12.1. The Balaban J connectivity index is 1.69. The summed E-state index contributed by atoms with van der Waals surface area (Å²) in [5.41, 5.74) is 1.46. The summed E-state index contributed by atoms with van der Waals surface area (Å²) in [5.74, 6) is -0.172. The third kappa shape index (κ3) is 2.96. The first-order chi connectivity index (χ1) is 10.3. The van der Waals surface area contributed by atoms with Gasteiger partial charge in [-0.05, 0) is 29.0 Å². The molecule has 0 radical (unpaired) electrons. The van der Waals surface area contributed by atoms with Crippen LogP contribution in [0.3, 0.4) is 0 Å². The standard InChI is InChI=1S/C17H15NO2S/c19-15(10-18-17(20)12-6-2-1-3-7-12)14-11-21-16-9-5-4-8-13(14)16/h1-9,11,15,19H,10H2,(H,18,20)/t15-/m0/s1. The van der Waals surface area contributed by atoms with E-state index in [1.165, 1.54) is 0 Å². The van der Waals surface area contributed by atoms with E-state index < -0.39 is 6.10 Å². The lowest BCUT2D eigenvalue weighted by Crippen LogP contribution is -2.28. The van der Waals surface area contributed by atoms with E-state index in [0.29, 0.717) is 5.56 Å². The van der Waals surface area contributed by atoms with Crippen LogP contribution in [0, 0.1) is 0 Å². The first-order valence-electron chi connectivity index (χ1n) is 6.73. The van der Waals surface area contributed by atoms with Gasteiger partial charge in [-0.3, -0.25) is 4.79 Å². The van der Waals surface area contributed by atoms with Gasteiger partial charge in [-0.15, -0.1) is 11.3 Å². The zero-order chi connectivity index (χ0) is 14.7. The molecule has 0 aliphatic rings. The molecule has 1 amide bonds. The summed E-state index contributed by atoms with van der Waals surface area (Å²) in [4.78, 5) is 12.0. The summed E-state index contributed by atoms with van der Waals surface area (Å²) in [6.45, 7) is 0.203. The highest BCUT2D eigenvalue weighted by Crippen LogP contribution is 2.29. The van der Waals surface area contributed by atoms with Crippen LogP contribution < -0.4 is 5.32 Å². The first-order valence-corrected chi connectivity index (χ1v) is 7.61. The van der Waals surface area contributed by atoms with Crippen molar-refractivity contribution in [1.82, 2.24) is 5.32 Å². The van der Waals surface area contributed by atoms with Crippen molar-refractivity contribution >= 4 is 27.3 Å². The van der Waals surface area contributed by atoms with Crippen molar-refractivity contribution < 1.29 is 9.90 Å². The van der Waals surface area contributed by atoms with E-state index in [-0.39, 0.29) is 12.5 Å². The van der Waals surface area contributed by atoms with Gasteiger partial charge >= 0.3 is 0 Å². The number of aliphatic hydroxyl groups excluding tert-OH is 1. The third-order valence-electron chi connectivity index (χ3n) is 3.36. The Bertz CT molecular complexity index is 752. The van der Waals surface area contributed by atoms with Crippen LogP contribution in [0.2, 0.25) is 0 Å². The number of hydrogen-bond donors (Lipinski definition) is 2. The van der Waals surface area contributed by atoms with Gasteiger partial charge in [0, 0.05) is 22.4 Å². The van der Waals surface area contributed by atoms with Crippen LogP contribution in [-0.2, 0) is 0 Å². The number of carbonyl (C=O) groups is 1. The lowest BCUT2D eigenvalue weighted by atomic mass is 10.1. The number of thiophene rings is 1. The first kappa shape index (κ1) is 13.8. The molecule has 1 aromatic heterocycles. The minimum Gasteiger partial charge on any atom is -0.387 e. The Morgan fingerprint density at radius 1 is 1.10 bits per heavy atom. The van der Waals surface area contributed by atoms with Crippen molar-refractivity contribution in [2.24, 2.45) is 0 Å². The predicted octanol–water partition coefficient (Wildman–Crippen LogP) is 3.36. The number of carbonyl (C=O) groups excluding carboxylic acids is 1. The maximum Gasteiger partial charge on any atom is 0.251 e. The zero-order valence-electron chi connectivity index (χ0n) is 11.3. The highest BCUT2D eigenvalue weighted by atomic mass is 32.1. The van der Waals surface area contributed by atoms with Crippen molar-refractivity contribution in [3.8, 4) is 0 Å². The van der Waals surface area contributed by atoms with Gasteiger partial charge in [0.15, 0.2) is 0 Å². The number of amides is 1. The van der Waals surface area contributed by atoms with E-state index in [1.54, 1.807) is 23.5 Å². The summed E-state index contributed by atoms with van der Waals surface area (Å²) in [5, 5.41) is 16.1. The van der Waals surface area contributed by atoms with Crippen molar-refractivity contribution in [3.63, 3.8) is 0 Å². The van der Waals surface area contributed by atoms with Crippen LogP contribution in [0.4, 0.5) is 0 Å². The molecule has 0 fully saturated rings. The molecule has 0 saturated heterocycles. The van der Waals surface area contributed by atoms with E-state index in [2.05, 4.69) is 5.32 Å². The van der Waals surface area contributed by atoms with Gasteiger partial charge in [0.05, 0.1) is 6.10 Å². The second kappa shape index (κ2) is 6.08. The minimum atomic E-state index is -0.700. The molecule has 1 atom stereocenters.